The molecule has 2 atom stereocenters. The predicted octanol–water partition coefficient (Wildman–Crippen LogP) is 3.95. The number of methoxy groups -OCH3 is 1. The molecule has 0 unspecified atom stereocenters. The zero-order valence-electron chi connectivity index (χ0n) is 19.2. The van der Waals surface area contributed by atoms with E-state index in [0.717, 1.165) is 12.1 Å². The van der Waals surface area contributed by atoms with Gasteiger partial charge in [0.15, 0.2) is 0 Å². The highest BCUT2D eigenvalue weighted by atomic mass is 35.5. The molecule has 0 aliphatic carbocycles. The summed E-state index contributed by atoms with van der Waals surface area (Å²) in [6, 6.07) is 2.53. The van der Waals surface area contributed by atoms with Crippen molar-refractivity contribution in [2.24, 2.45) is 7.05 Å². The van der Waals surface area contributed by atoms with Crippen molar-refractivity contribution in [3.05, 3.63) is 44.8 Å². The van der Waals surface area contributed by atoms with E-state index in [-0.39, 0.29) is 40.8 Å². The SMILES string of the molecule is CCO[C@H]1CN(C(=O)OC)C[C@H]1Nc1c(CC)nc(-c2ccc(C(F)(F)F)cc2Cl)n(C)c1=O. The lowest BCUT2D eigenvalue weighted by Crippen LogP contribution is -2.38. The average molecular weight is 503 g/mol. The molecule has 1 amide bonds. The van der Waals surface area contributed by atoms with Gasteiger partial charge in [0, 0.05) is 25.8 Å². The molecule has 8 nitrogen and oxygen atoms in total. The first-order valence-corrected chi connectivity index (χ1v) is 11.1. The number of anilines is 1. The van der Waals surface area contributed by atoms with Crippen molar-refractivity contribution in [3.8, 4) is 11.4 Å². The molecule has 1 aliphatic rings. The van der Waals surface area contributed by atoms with Crippen LogP contribution in [0.25, 0.3) is 11.4 Å². The maximum absolute atomic E-state index is 13.3. The number of alkyl halides is 3. The van der Waals surface area contributed by atoms with Gasteiger partial charge in [0.2, 0.25) is 0 Å². The van der Waals surface area contributed by atoms with E-state index >= 15 is 0 Å². The van der Waals surface area contributed by atoms with Gasteiger partial charge in [-0.1, -0.05) is 18.5 Å². The molecule has 0 spiro atoms. The van der Waals surface area contributed by atoms with Gasteiger partial charge in [0.25, 0.3) is 5.56 Å². The maximum Gasteiger partial charge on any atom is 0.416 e. The van der Waals surface area contributed by atoms with Gasteiger partial charge in [-0.15, -0.1) is 0 Å². The third kappa shape index (κ3) is 5.15. The number of benzene rings is 1. The van der Waals surface area contributed by atoms with Crippen LogP contribution < -0.4 is 10.9 Å². The summed E-state index contributed by atoms with van der Waals surface area (Å²) in [6.07, 6.45) is -5.04. The van der Waals surface area contributed by atoms with E-state index in [9.17, 15) is 22.8 Å². The van der Waals surface area contributed by atoms with Crippen LogP contribution in [0.15, 0.2) is 23.0 Å². The summed E-state index contributed by atoms with van der Waals surface area (Å²) in [5.41, 5.74) is -0.456. The van der Waals surface area contributed by atoms with Gasteiger partial charge >= 0.3 is 12.3 Å². The van der Waals surface area contributed by atoms with Gasteiger partial charge in [-0.3, -0.25) is 9.36 Å². The summed E-state index contributed by atoms with van der Waals surface area (Å²) in [4.78, 5) is 31.3. The first-order chi connectivity index (χ1) is 16.0. The Kier molecular flexibility index (Phi) is 7.77. The zero-order valence-corrected chi connectivity index (χ0v) is 20.0. The van der Waals surface area contributed by atoms with Gasteiger partial charge in [0.05, 0.1) is 42.1 Å². The molecular formula is C22H26ClF3N4O4. The number of carbonyl (C=O) groups excluding carboxylic acids is 1. The second-order valence-corrected chi connectivity index (χ2v) is 8.19. The predicted molar refractivity (Wildman–Crippen MR) is 121 cm³/mol. The molecule has 0 radical (unpaired) electrons. The number of hydrogen-bond donors (Lipinski definition) is 1. The van der Waals surface area contributed by atoms with Gasteiger partial charge < -0.3 is 19.7 Å². The van der Waals surface area contributed by atoms with Crippen LogP contribution >= 0.6 is 11.6 Å². The average Bonchev–Trinajstić information content (AvgIpc) is 3.19. The highest BCUT2D eigenvalue weighted by Gasteiger charge is 2.37. The van der Waals surface area contributed by atoms with Crippen molar-refractivity contribution < 1.29 is 27.4 Å². The van der Waals surface area contributed by atoms with E-state index in [4.69, 9.17) is 21.1 Å². The normalized spacial score (nSPS) is 18.3. The Hall–Kier alpha value is -2.79. The van der Waals surface area contributed by atoms with E-state index in [2.05, 4.69) is 10.3 Å². The van der Waals surface area contributed by atoms with Crippen molar-refractivity contribution in [2.75, 3.05) is 32.1 Å². The number of nitrogens with one attached hydrogen (secondary N) is 1. The van der Waals surface area contributed by atoms with Gasteiger partial charge in [-0.25, -0.2) is 9.78 Å². The van der Waals surface area contributed by atoms with Gasteiger partial charge in [0.1, 0.15) is 11.5 Å². The van der Waals surface area contributed by atoms with Crippen LogP contribution in [-0.2, 0) is 29.1 Å². The van der Waals surface area contributed by atoms with Gasteiger partial charge in [-0.05, 0) is 31.5 Å². The molecule has 34 heavy (non-hydrogen) atoms. The summed E-state index contributed by atoms with van der Waals surface area (Å²) in [6.45, 7) is 4.61. The Morgan fingerprint density at radius 2 is 2.00 bits per heavy atom. The lowest BCUT2D eigenvalue weighted by molar-refractivity contribution is -0.137. The monoisotopic (exact) mass is 502 g/mol. The van der Waals surface area contributed by atoms with Crippen LogP contribution in [0.1, 0.15) is 25.1 Å². The number of carbonyl (C=O) groups is 1. The lowest BCUT2D eigenvalue weighted by Gasteiger charge is -2.22. The molecule has 2 heterocycles. The molecule has 1 saturated heterocycles. The number of ether oxygens (including phenoxy) is 2. The van der Waals surface area contributed by atoms with Crippen LogP contribution in [0.4, 0.5) is 23.7 Å². The van der Waals surface area contributed by atoms with Crippen LogP contribution in [0.2, 0.25) is 5.02 Å². The molecule has 2 aromatic rings. The molecule has 0 bridgehead atoms. The Balaban J connectivity index is 2.00. The first kappa shape index (κ1) is 25.8. The number of nitrogens with zero attached hydrogens (tertiary/aromatic N) is 3. The van der Waals surface area contributed by atoms with E-state index in [1.807, 2.05) is 6.92 Å². The molecule has 1 aromatic carbocycles. The number of rotatable bonds is 6. The quantitative estimate of drug-likeness (QED) is 0.644. The summed E-state index contributed by atoms with van der Waals surface area (Å²) in [7, 11) is 2.76. The Bertz CT molecular complexity index is 1120. The molecule has 1 aliphatic heterocycles. The van der Waals surface area contributed by atoms with E-state index in [0.29, 0.717) is 25.3 Å². The second-order valence-electron chi connectivity index (χ2n) is 7.79. The van der Waals surface area contributed by atoms with Crippen LogP contribution in [0.3, 0.4) is 0 Å². The van der Waals surface area contributed by atoms with Gasteiger partial charge in [-0.2, -0.15) is 13.2 Å². The summed E-state index contributed by atoms with van der Waals surface area (Å²) >= 11 is 6.14. The number of halogens is 4. The second kappa shape index (κ2) is 10.2. The maximum atomic E-state index is 13.3. The van der Waals surface area contributed by atoms with Crippen LogP contribution in [0.5, 0.6) is 0 Å². The fourth-order valence-electron chi connectivity index (χ4n) is 3.92. The fraction of sp³-hybridized carbons (Fsp3) is 0.500. The number of hydrogen-bond acceptors (Lipinski definition) is 6. The molecule has 1 N–H and O–H groups in total. The molecule has 1 aromatic heterocycles. The minimum atomic E-state index is -4.54. The molecule has 1 fully saturated rings. The minimum Gasteiger partial charge on any atom is -0.453 e. The zero-order chi connectivity index (χ0) is 25.2. The molecular weight excluding hydrogens is 477 g/mol. The van der Waals surface area contributed by atoms with Crippen molar-refractivity contribution in [2.45, 2.75) is 38.6 Å². The smallest absolute Gasteiger partial charge is 0.416 e. The topological polar surface area (TPSA) is 85.7 Å². The number of amides is 1. The van der Waals surface area contributed by atoms with Crippen molar-refractivity contribution in [1.82, 2.24) is 14.5 Å². The van der Waals surface area contributed by atoms with Crippen LogP contribution in [0, 0.1) is 0 Å². The summed E-state index contributed by atoms with van der Waals surface area (Å²) in [5.74, 6) is 0.148. The van der Waals surface area contributed by atoms with Crippen molar-refractivity contribution in [1.29, 1.82) is 0 Å². The Labute approximate surface area is 199 Å². The standard InChI is InChI=1S/C22H26ClF3N4O4/c1-5-15-18(27-16-10-30(21(32)33-4)11-17(16)34-6-2)20(31)29(3)19(28-15)13-8-7-12(9-14(13)23)22(24,25)26/h7-9,16-17,27H,5-6,10-11H2,1-4H3/t16-,17+/m1/s1. The van der Waals surface area contributed by atoms with E-state index in [1.54, 1.807) is 6.92 Å². The van der Waals surface area contributed by atoms with Crippen molar-refractivity contribution in [3.63, 3.8) is 0 Å². The Morgan fingerprint density at radius 3 is 2.56 bits per heavy atom. The largest absolute Gasteiger partial charge is 0.453 e. The highest BCUT2D eigenvalue weighted by Crippen LogP contribution is 2.35. The lowest BCUT2D eigenvalue weighted by atomic mass is 10.1. The fourth-order valence-corrected chi connectivity index (χ4v) is 4.18. The molecule has 0 saturated carbocycles. The highest BCUT2D eigenvalue weighted by molar-refractivity contribution is 6.33. The van der Waals surface area contributed by atoms with Crippen LogP contribution in [-0.4, -0.2) is 59.5 Å². The number of likely N-dealkylation sites (tertiary alicyclic amines) is 1. The summed E-state index contributed by atoms with van der Waals surface area (Å²) < 4.78 is 50.8. The Morgan fingerprint density at radius 1 is 1.29 bits per heavy atom. The van der Waals surface area contributed by atoms with Crippen molar-refractivity contribution >= 4 is 23.4 Å². The molecule has 12 heteroatoms. The molecule has 3 rings (SSSR count). The molecule has 186 valence electrons. The third-order valence-electron chi connectivity index (χ3n) is 5.65. The number of aryl methyl sites for hydroxylation is 1. The third-order valence-corrected chi connectivity index (χ3v) is 5.96. The first-order valence-electron chi connectivity index (χ1n) is 10.7. The minimum absolute atomic E-state index is 0.148. The van der Waals surface area contributed by atoms with E-state index < -0.39 is 23.4 Å². The number of aromatic nitrogens is 2. The van der Waals surface area contributed by atoms with E-state index in [1.165, 1.54) is 29.7 Å². The summed E-state index contributed by atoms with van der Waals surface area (Å²) in [5, 5.41) is 3.02.